The average molecular weight is 293 g/mol. The first kappa shape index (κ1) is 14.9. The summed E-state index contributed by atoms with van der Waals surface area (Å²) < 4.78 is 23.2. The van der Waals surface area contributed by atoms with Crippen molar-refractivity contribution in [1.29, 1.82) is 0 Å². The highest BCUT2D eigenvalue weighted by atomic mass is 32.2. The minimum atomic E-state index is -3.08. The SMILES string of the molecule is COP(=O)(OC)[C@@H]1NC2(CCCC2)SCC1(C)C. The van der Waals surface area contributed by atoms with Crippen molar-refractivity contribution in [2.75, 3.05) is 20.0 Å². The fourth-order valence-corrected chi connectivity index (χ4v) is 6.64. The van der Waals surface area contributed by atoms with E-state index in [1.807, 2.05) is 11.8 Å². The normalized spacial score (nSPS) is 30.8. The van der Waals surface area contributed by atoms with Crippen molar-refractivity contribution in [2.24, 2.45) is 5.41 Å². The summed E-state index contributed by atoms with van der Waals surface area (Å²) in [7, 11) is -0.126. The molecular formula is C12H24NO3PS. The van der Waals surface area contributed by atoms with Gasteiger partial charge in [0.05, 0.1) is 4.87 Å². The maximum atomic E-state index is 12.7. The van der Waals surface area contributed by atoms with Gasteiger partial charge in [-0.25, -0.2) is 0 Å². The summed E-state index contributed by atoms with van der Waals surface area (Å²) in [4.78, 5) is 0.0902. The molecule has 1 atom stereocenters. The molecule has 6 heteroatoms. The zero-order chi connectivity index (χ0) is 13.4. The van der Waals surface area contributed by atoms with Crippen LogP contribution in [0.15, 0.2) is 0 Å². The highest BCUT2D eigenvalue weighted by Crippen LogP contribution is 2.61. The monoisotopic (exact) mass is 293 g/mol. The van der Waals surface area contributed by atoms with Crippen molar-refractivity contribution in [2.45, 2.75) is 50.2 Å². The molecule has 1 saturated heterocycles. The molecule has 4 nitrogen and oxygen atoms in total. The molecule has 2 aliphatic rings. The van der Waals surface area contributed by atoms with Crippen LogP contribution in [0.4, 0.5) is 0 Å². The average Bonchev–Trinajstić information content (AvgIpc) is 2.81. The lowest BCUT2D eigenvalue weighted by Gasteiger charge is -2.49. The van der Waals surface area contributed by atoms with Crippen LogP contribution in [-0.2, 0) is 13.6 Å². The fraction of sp³-hybridized carbons (Fsp3) is 1.00. The Morgan fingerprint density at radius 3 is 2.28 bits per heavy atom. The highest BCUT2D eigenvalue weighted by Gasteiger charge is 2.53. The van der Waals surface area contributed by atoms with Crippen molar-refractivity contribution in [1.82, 2.24) is 5.32 Å². The summed E-state index contributed by atoms with van der Waals surface area (Å²) in [6.07, 6.45) is 4.80. The van der Waals surface area contributed by atoms with E-state index in [0.717, 1.165) is 18.6 Å². The highest BCUT2D eigenvalue weighted by molar-refractivity contribution is 8.00. The third kappa shape index (κ3) is 2.53. The van der Waals surface area contributed by atoms with E-state index in [2.05, 4.69) is 19.2 Å². The van der Waals surface area contributed by atoms with Crippen LogP contribution in [0.1, 0.15) is 39.5 Å². The van der Waals surface area contributed by atoms with Crippen LogP contribution in [-0.4, -0.2) is 30.6 Å². The second kappa shape index (κ2) is 5.10. The zero-order valence-electron chi connectivity index (χ0n) is 11.7. The molecule has 1 aliphatic heterocycles. The Labute approximate surface area is 114 Å². The van der Waals surface area contributed by atoms with E-state index >= 15 is 0 Å². The Hall–Kier alpha value is 0.460. The van der Waals surface area contributed by atoms with Gasteiger partial charge in [-0.1, -0.05) is 26.7 Å². The summed E-state index contributed by atoms with van der Waals surface area (Å²) in [6, 6.07) is 0. The van der Waals surface area contributed by atoms with Crippen LogP contribution in [0.25, 0.3) is 0 Å². The molecule has 0 aromatic carbocycles. The molecule has 0 aromatic rings. The lowest BCUT2D eigenvalue weighted by atomic mass is 9.94. The summed E-state index contributed by atoms with van der Waals surface area (Å²) in [5, 5.41) is 3.61. The van der Waals surface area contributed by atoms with Gasteiger partial charge in [0.1, 0.15) is 5.78 Å². The van der Waals surface area contributed by atoms with Gasteiger partial charge in [-0.05, 0) is 12.8 Å². The third-order valence-corrected chi connectivity index (χ3v) is 8.54. The van der Waals surface area contributed by atoms with E-state index in [-0.39, 0.29) is 16.1 Å². The van der Waals surface area contributed by atoms with Crippen molar-refractivity contribution in [3.05, 3.63) is 0 Å². The molecule has 18 heavy (non-hydrogen) atoms. The zero-order valence-corrected chi connectivity index (χ0v) is 13.4. The van der Waals surface area contributed by atoms with E-state index in [9.17, 15) is 4.57 Å². The maximum absolute atomic E-state index is 12.7. The van der Waals surface area contributed by atoms with E-state index in [1.165, 1.54) is 27.1 Å². The van der Waals surface area contributed by atoms with E-state index < -0.39 is 7.60 Å². The molecule has 1 N–H and O–H groups in total. The van der Waals surface area contributed by atoms with Crippen LogP contribution in [0.2, 0.25) is 0 Å². The van der Waals surface area contributed by atoms with Gasteiger partial charge in [-0.2, -0.15) is 0 Å². The van der Waals surface area contributed by atoms with Gasteiger partial charge >= 0.3 is 7.60 Å². The van der Waals surface area contributed by atoms with Crippen LogP contribution in [0.5, 0.6) is 0 Å². The number of nitrogens with one attached hydrogen (secondary N) is 1. The molecule has 106 valence electrons. The van der Waals surface area contributed by atoms with Crippen molar-refractivity contribution in [3.63, 3.8) is 0 Å². The number of rotatable bonds is 3. The van der Waals surface area contributed by atoms with Crippen LogP contribution in [0.3, 0.4) is 0 Å². The van der Waals surface area contributed by atoms with Gasteiger partial charge < -0.3 is 9.05 Å². The number of hydrogen-bond acceptors (Lipinski definition) is 5. The largest absolute Gasteiger partial charge is 0.347 e. The lowest BCUT2D eigenvalue weighted by Crippen LogP contribution is -2.57. The first-order valence-electron chi connectivity index (χ1n) is 6.50. The van der Waals surface area contributed by atoms with E-state index in [0.29, 0.717) is 0 Å². The Kier molecular flexibility index (Phi) is 4.21. The van der Waals surface area contributed by atoms with Gasteiger partial charge in [-0.3, -0.25) is 9.88 Å². The van der Waals surface area contributed by atoms with Crippen LogP contribution >= 0.6 is 19.4 Å². The Morgan fingerprint density at radius 2 is 1.78 bits per heavy atom. The topological polar surface area (TPSA) is 47.6 Å². The summed E-state index contributed by atoms with van der Waals surface area (Å²) in [6.45, 7) is 4.26. The molecule has 2 rings (SSSR count). The Bertz CT molecular complexity index is 347. The predicted octanol–water partition coefficient (Wildman–Crippen LogP) is 3.43. The van der Waals surface area contributed by atoms with Gasteiger partial charge in [0.15, 0.2) is 0 Å². The van der Waals surface area contributed by atoms with Crippen LogP contribution < -0.4 is 5.32 Å². The van der Waals surface area contributed by atoms with Crippen molar-refractivity contribution >= 4 is 19.4 Å². The Balaban J connectivity index is 2.26. The molecule has 0 bridgehead atoms. The molecule has 0 unspecified atom stereocenters. The molecule has 1 aliphatic carbocycles. The predicted molar refractivity (Wildman–Crippen MR) is 76.0 cm³/mol. The Morgan fingerprint density at radius 1 is 1.22 bits per heavy atom. The molecule has 1 saturated carbocycles. The van der Waals surface area contributed by atoms with Gasteiger partial charge in [0, 0.05) is 25.4 Å². The summed E-state index contributed by atoms with van der Waals surface area (Å²) in [5.41, 5.74) is -0.0972. The standard InChI is InChI=1S/C12H24NO3PS/c1-11(2)9-18-12(7-5-6-8-12)13-10(11)17(14,15-3)16-4/h10,13H,5-9H2,1-4H3/t10-/m0/s1. The fourth-order valence-electron chi connectivity index (χ4n) is 2.92. The first-order chi connectivity index (χ1) is 8.37. The van der Waals surface area contributed by atoms with Crippen LogP contribution in [0, 0.1) is 5.41 Å². The molecule has 1 spiro atoms. The van der Waals surface area contributed by atoms with Gasteiger partial charge in [0.2, 0.25) is 0 Å². The molecule has 1 heterocycles. The number of hydrogen-bond donors (Lipinski definition) is 1. The molecule has 0 aromatic heterocycles. The summed E-state index contributed by atoms with van der Waals surface area (Å²) >= 11 is 1.98. The van der Waals surface area contributed by atoms with E-state index in [4.69, 9.17) is 9.05 Å². The lowest BCUT2D eigenvalue weighted by molar-refractivity contribution is 0.201. The van der Waals surface area contributed by atoms with Crippen molar-refractivity contribution in [3.8, 4) is 0 Å². The second-order valence-electron chi connectivity index (χ2n) is 5.93. The minimum absolute atomic E-state index is 0.0902. The van der Waals surface area contributed by atoms with Gasteiger partial charge in [-0.15, -0.1) is 11.8 Å². The first-order valence-corrected chi connectivity index (χ1v) is 9.10. The smallest absolute Gasteiger partial charge is 0.311 e. The molecular weight excluding hydrogens is 269 g/mol. The molecule has 2 fully saturated rings. The summed E-state index contributed by atoms with van der Waals surface area (Å²) in [5.74, 6) is 0.765. The molecule has 0 radical (unpaired) electrons. The molecule has 0 amide bonds. The number of thioether (sulfide) groups is 1. The minimum Gasteiger partial charge on any atom is -0.311 e. The maximum Gasteiger partial charge on any atom is 0.347 e. The van der Waals surface area contributed by atoms with Gasteiger partial charge in [0.25, 0.3) is 0 Å². The third-order valence-electron chi connectivity index (χ3n) is 4.10. The second-order valence-corrected chi connectivity index (χ2v) is 9.62. The van der Waals surface area contributed by atoms with E-state index in [1.54, 1.807) is 0 Å². The van der Waals surface area contributed by atoms with Crippen molar-refractivity contribution < 1.29 is 13.6 Å². The quantitative estimate of drug-likeness (QED) is 0.808.